The van der Waals surface area contributed by atoms with Crippen LogP contribution in [-0.4, -0.2) is 55.5 Å². The molecule has 0 radical (unpaired) electrons. The SMILES string of the molecule is CN=C(NC1CCN(CC(N)=O)CC1)NC1CC1c1ccccc1.I. The van der Waals surface area contributed by atoms with Gasteiger partial charge in [0.25, 0.3) is 0 Å². The van der Waals surface area contributed by atoms with E-state index < -0.39 is 0 Å². The number of primary amides is 1. The molecule has 1 heterocycles. The topological polar surface area (TPSA) is 82.8 Å². The molecule has 2 aliphatic rings. The number of benzene rings is 1. The molecule has 2 fully saturated rings. The molecule has 0 aromatic heterocycles. The van der Waals surface area contributed by atoms with Crippen LogP contribution in [0, 0.1) is 0 Å². The molecule has 2 unspecified atom stereocenters. The van der Waals surface area contributed by atoms with Gasteiger partial charge in [0.2, 0.25) is 5.91 Å². The molecule has 3 rings (SSSR count). The Morgan fingerprint density at radius 2 is 1.92 bits per heavy atom. The van der Waals surface area contributed by atoms with E-state index in [-0.39, 0.29) is 29.9 Å². The highest BCUT2D eigenvalue weighted by Crippen LogP contribution is 2.40. The van der Waals surface area contributed by atoms with Crippen LogP contribution >= 0.6 is 24.0 Å². The summed E-state index contributed by atoms with van der Waals surface area (Å²) >= 11 is 0. The Labute approximate surface area is 166 Å². The summed E-state index contributed by atoms with van der Waals surface area (Å²) in [4.78, 5) is 17.5. The number of rotatable bonds is 5. The number of nitrogens with zero attached hydrogens (tertiary/aromatic N) is 2. The number of hydrogen-bond donors (Lipinski definition) is 3. The number of halogens is 1. The number of carbonyl (C=O) groups is 1. The molecular weight excluding hydrogens is 429 g/mol. The number of piperidine rings is 1. The zero-order valence-electron chi connectivity index (χ0n) is 14.6. The molecule has 25 heavy (non-hydrogen) atoms. The van der Waals surface area contributed by atoms with Crippen LogP contribution in [0.2, 0.25) is 0 Å². The zero-order chi connectivity index (χ0) is 16.9. The summed E-state index contributed by atoms with van der Waals surface area (Å²) in [5, 5.41) is 7.05. The van der Waals surface area contributed by atoms with Gasteiger partial charge in [-0.15, -0.1) is 24.0 Å². The number of amides is 1. The average Bonchev–Trinajstić information content (AvgIpc) is 3.35. The lowest BCUT2D eigenvalue weighted by molar-refractivity contribution is -0.119. The third kappa shape index (κ3) is 5.85. The quantitative estimate of drug-likeness (QED) is 0.354. The molecule has 1 aromatic rings. The second-order valence-electron chi connectivity index (χ2n) is 6.74. The molecule has 0 spiro atoms. The van der Waals surface area contributed by atoms with Crippen molar-refractivity contribution < 1.29 is 4.79 Å². The van der Waals surface area contributed by atoms with E-state index in [2.05, 4.69) is 50.9 Å². The Bertz CT molecular complexity index is 586. The van der Waals surface area contributed by atoms with Crippen molar-refractivity contribution in [2.75, 3.05) is 26.7 Å². The monoisotopic (exact) mass is 457 g/mol. The Hall–Kier alpha value is -1.35. The summed E-state index contributed by atoms with van der Waals surface area (Å²) in [6.07, 6.45) is 3.16. The highest BCUT2D eigenvalue weighted by molar-refractivity contribution is 14.0. The van der Waals surface area contributed by atoms with Crippen LogP contribution in [0.15, 0.2) is 35.3 Å². The van der Waals surface area contributed by atoms with E-state index in [4.69, 9.17) is 5.73 Å². The van der Waals surface area contributed by atoms with Gasteiger partial charge in [-0.3, -0.25) is 14.7 Å². The van der Waals surface area contributed by atoms with E-state index in [1.165, 1.54) is 5.56 Å². The number of aliphatic imine (C=N–C) groups is 1. The molecule has 1 aromatic carbocycles. The van der Waals surface area contributed by atoms with Gasteiger partial charge in [0.15, 0.2) is 5.96 Å². The van der Waals surface area contributed by atoms with Gasteiger partial charge < -0.3 is 16.4 Å². The first-order valence-corrected chi connectivity index (χ1v) is 8.71. The smallest absolute Gasteiger partial charge is 0.231 e. The molecule has 4 N–H and O–H groups in total. The van der Waals surface area contributed by atoms with Gasteiger partial charge in [0, 0.05) is 38.1 Å². The van der Waals surface area contributed by atoms with Gasteiger partial charge in [-0.2, -0.15) is 0 Å². The lowest BCUT2D eigenvalue weighted by atomic mass is 10.1. The molecular formula is C18H28IN5O. The number of carbonyl (C=O) groups excluding carboxylic acids is 1. The highest BCUT2D eigenvalue weighted by Gasteiger charge is 2.39. The minimum Gasteiger partial charge on any atom is -0.369 e. The van der Waals surface area contributed by atoms with Crippen molar-refractivity contribution in [2.45, 2.75) is 37.3 Å². The van der Waals surface area contributed by atoms with Gasteiger partial charge in [-0.1, -0.05) is 30.3 Å². The number of likely N-dealkylation sites (tertiary alicyclic amines) is 1. The van der Waals surface area contributed by atoms with Gasteiger partial charge in [-0.25, -0.2) is 0 Å². The van der Waals surface area contributed by atoms with Gasteiger partial charge in [0.1, 0.15) is 0 Å². The maximum Gasteiger partial charge on any atom is 0.231 e. The summed E-state index contributed by atoms with van der Waals surface area (Å²) in [5.74, 6) is 1.22. The largest absolute Gasteiger partial charge is 0.369 e. The summed E-state index contributed by atoms with van der Waals surface area (Å²) in [6.45, 7) is 2.15. The van der Waals surface area contributed by atoms with Crippen molar-refractivity contribution >= 4 is 35.8 Å². The average molecular weight is 457 g/mol. The molecule has 0 bridgehead atoms. The second kappa shape index (κ2) is 9.38. The maximum absolute atomic E-state index is 11.0. The minimum absolute atomic E-state index is 0. The van der Waals surface area contributed by atoms with Crippen LogP contribution in [0.4, 0.5) is 0 Å². The number of nitrogens with two attached hydrogens (primary N) is 1. The second-order valence-corrected chi connectivity index (χ2v) is 6.74. The Morgan fingerprint density at radius 1 is 1.24 bits per heavy atom. The van der Waals surface area contributed by atoms with Crippen LogP contribution in [0.25, 0.3) is 0 Å². The summed E-state index contributed by atoms with van der Waals surface area (Å²) in [6, 6.07) is 11.5. The van der Waals surface area contributed by atoms with E-state index in [0.717, 1.165) is 38.3 Å². The van der Waals surface area contributed by atoms with Gasteiger partial charge >= 0.3 is 0 Å². The summed E-state index contributed by atoms with van der Waals surface area (Å²) in [5.41, 5.74) is 6.65. The molecule has 1 aliphatic carbocycles. The fraction of sp³-hybridized carbons (Fsp3) is 0.556. The number of hydrogen-bond acceptors (Lipinski definition) is 3. The van der Waals surface area contributed by atoms with Gasteiger partial charge in [-0.05, 0) is 24.8 Å². The number of nitrogens with one attached hydrogen (secondary N) is 2. The van der Waals surface area contributed by atoms with Crippen molar-refractivity contribution in [3.8, 4) is 0 Å². The molecule has 1 aliphatic heterocycles. The van der Waals surface area contributed by atoms with Crippen LogP contribution in [0.1, 0.15) is 30.7 Å². The molecule has 1 saturated heterocycles. The van der Waals surface area contributed by atoms with Crippen molar-refractivity contribution in [1.82, 2.24) is 15.5 Å². The van der Waals surface area contributed by atoms with Crippen molar-refractivity contribution in [3.05, 3.63) is 35.9 Å². The molecule has 1 amide bonds. The van der Waals surface area contributed by atoms with Gasteiger partial charge in [0.05, 0.1) is 6.54 Å². The first-order chi connectivity index (χ1) is 11.7. The maximum atomic E-state index is 11.0. The third-order valence-electron chi connectivity index (χ3n) is 4.87. The van der Waals surface area contributed by atoms with Crippen LogP contribution < -0.4 is 16.4 Å². The fourth-order valence-electron chi connectivity index (χ4n) is 3.42. The van der Waals surface area contributed by atoms with Crippen molar-refractivity contribution in [3.63, 3.8) is 0 Å². The first kappa shape index (κ1) is 20.0. The summed E-state index contributed by atoms with van der Waals surface area (Å²) < 4.78 is 0. The lowest BCUT2D eigenvalue weighted by Gasteiger charge is -2.32. The normalized spacial score (nSPS) is 24.3. The third-order valence-corrected chi connectivity index (χ3v) is 4.87. The Kier molecular flexibility index (Phi) is 7.49. The molecule has 2 atom stereocenters. The van der Waals surface area contributed by atoms with Crippen LogP contribution in [-0.2, 0) is 4.79 Å². The molecule has 6 nitrogen and oxygen atoms in total. The first-order valence-electron chi connectivity index (χ1n) is 8.71. The van der Waals surface area contributed by atoms with Crippen molar-refractivity contribution in [1.29, 1.82) is 0 Å². The van der Waals surface area contributed by atoms with E-state index in [1.54, 1.807) is 0 Å². The van der Waals surface area contributed by atoms with E-state index >= 15 is 0 Å². The number of guanidine groups is 1. The lowest BCUT2D eigenvalue weighted by Crippen LogP contribution is -2.50. The van der Waals surface area contributed by atoms with E-state index in [0.29, 0.717) is 24.5 Å². The molecule has 7 heteroatoms. The van der Waals surface area contributed by atoms with E-state index in [9.17, 15) is 4.79 Å². The standard InChI is InChI=1S/C18H27N5O.HI/c1-20-18(21-14-7-9-23(10-8-14)12-17(19)24)22-16-11-15(16)13-5-3-2-4-6-13;/h2-6,14-16H,7-12H2,1H3,(H2,19,24)(H2,20,21,22);1H. The van der Waals surface area contributed by atoms with Crippen LogP contribution in [0.3, 0.4) is 0 Å². The molecule has 138 valence electrons. The Balaban J connectivity index is 0.00000225. The van der Waals surface area contributed by atoms with E-state index in [1.807, 2.05) is 7.05 Å². The zero-order valence-corrected chi connectivity index (χ0v) is 17.0. The van der Waals surface area contributed by atoms with Crippen LogP contribution in [0.5, 0.6) is 0 Å². The minimum atomic E-state index is -0.250. The predicted octanol–water partition coefficient (Wildman–Crippen LogP) is 1.28. The molecule has 1 saturated carbocycles. The highest BCUT2D eigenvalue weighted by atomic mass is 127. The van der Waals surface area contributed by atoms with Crippen molar-refractivity contribution in [2.24, 2.45) is 10.7 Å². The summed E-state index contributed by atoms with van der Waals surface area (Å²) in [7, 11) is 1.82. The Morgan fingerprint density at radius 3 is 2.52 bits per heavy atom. The predicted molar refractivity (Wildman–Crippen MR) is 111 cm³/mol. The fourth-order valence-corrected chi connectivity index (χ4v) is 3.42.